The van der Waals surface area contributed by atoms with Gasteiger partial charge in [0.1, 0.15) is 0 Å². The Morgan fingerprint density at radius 3 is 0.908 bits per heavy atom. The summed E-state index contributed by atoms with van der Waals surface area (Å²) >= 11 is 0. The van der Waals surface area contributed by atoms with Gasteiger partial charge in [-0.1, -0.05) is 154 Å². The van der Waals surface area contributed by atoms with Crippen LogP contribution >= 0.6 is 0 Å². The molecule has 0 aliphatic heterocycles. The van der Waals surface area contributed by atoms with E-state index in [4.69, 9.17) is 0 Å². The van der Waals surface area contributed by atoms with Crippen LogP contribution in [0.3, 0.4) is 0 Å². The summed E-state index contributed by atoms with van der Waals surface area (Å²) in [5.41, 5.74) is 21.9. The molecule has 3 nitrogen and oxygen atoms in total. The molecule has 370 valence electrons. The van der Waals surface area contributed by atoms with E-state index in [1.165, 1.54) is 12.1 Å². The first-order valence-corrected chi connectivity index (χ1v) is 25.7. The Morgan fingerprint density at radius 2 is 0.632 bits per heavy atom. The number of benzene rings is 10. The lowest BCUT2D eigenvalue weighted by Gasteiger charge is -2.23. The number of hydrogen-bond donors (Lipinski definition) is 0. The molecule has 0 amide bonds. The van der Waals surface area contributed by atoms with Gasteiger partial charge in [0.05, 0.1) is 50.6 Å². The predicted molar refractivity (Wildman–Crippen MR) is 310 cm³/mol. The Labute approximate surface area is 441 Å². The predicted octanol–water partition coefficient (Wildman–Crippen LogP) is 19.6. The Hall–Kier alpha value is -8.92. The number of rotatable bonds is 7. The van der Waals surface area contributed by atoms with E-state index >= 15 is 13.2 Å². The van der Waals surface area contributed by atoms with Crippen molar-refractivity contribution in [3.05, 3.63) is 238 Å². The fraction of sp³-hybridized carbons (Fsp3) is 0.129. The van der Waals surface area contributed by atoms with Gasteiger partial charge in [0.25, 0.3) is 0 Å². The molecule has 12 rings (SSSR count). The highest BCUT2D eigenvalue weighted by Crippen LogP contribution is 2.47. The average Bonchev–Trinajstić information content (AvgIpc) is 3.88. The van der Waals surface area contributed by atoms with Crippen LogP contribution in [0.5, 0.6) is 0 Å². The average molecular weight is 994 g/mol. The zero-order valence-corrected chi connectivity index (χ0v) is 43.8. The van der Waals surface area contributed by atoms with Crippen LogP contribution in [0.4, 0.5) is 13.2 Å². The molecule has 0 saturated heterocycles. The second-order valence-corrected chi connectivity index (χ2v) is 21.2. The van der Waals surface area contributed by atoms with E-state index in [1.807, 2.05) is 21.3 Å². The summed E-state index contributed by atoms with van der Waals surface area (Å²) in [5.74, 6) is 0. The molecule has 0 N–H and O–H groups in total. The third-order valence-corrected chi connectivity index (χ3v) is 14.9. The monoisotopic (exact) mass is 993 g/mol. The number of aromatic nitrogens is 2. The summed E-state index contributed by atoms with van der Waals surface area (Å²) in [4.78, 5) is 0. The van der Waals surface area contributed by atoms with Crippen LogP contribution < -0.4 is 0 Å². The molecule has 0 atom stereocenters. The minimum absolute atomic E-state index is 0.340. The molecule has 6 heteroatoms. The van der Waals surface area contributed by atoms with Crippen molar-refractivity contribution in [2.45, 2.75) is 61.6 Å². The van der Waals surface area contributed by atoms with Crippen molar-refractivity contribution in [3.63, 3.8) is 0 Å². The molecule has 76 heavy (non-hydrogen) atoms. The highest BCUT2D eigenvalue weighted by molar-refractivity contribution is 6.14. The van der Waals surface area contributed by atoms with Crippen LogP contribution in [0.15, 0.2) is 182 Å². The Morgan fingerprint density at radius 1 is 0.329 bits per heavy atom. The Balaban J connectivity index is 1.22. The van der Waals surface area contributed by atoms with Crippen LogP contribution in [-0.4, -0.2) is 9.13 Å². The molecular formula is C70H54F3N3. The lowest BCUT2D eigenvalue weighted by molar-refractivity contribution is -0.137. The maximum atomic E-state index is 16.1. The Bertz CT molecular complexity index is 3890. The molecule has 0 spiro atoms. The van der Waals surface area contributed by atoms with Gasteiger partial charge in [-0.3, -0.25) is 0 Å². The molecule has 2 aromatic heterocycles. The number of aryl methyl sites for hydroxylation is 8. The van der Waals surface area contributed by atoms with Gasteiger partial charge >= 0.3 is 6.18 Å². The lowest BCUT2D eigenvalue weighted by Crippen LogP contribution is -2.11. The zero-order valence-electron chi connectivity index (χ0n) is 43.8. The first kappa shape index (κ1) is 48.0. The van der Waals surface area contributed by atoms with Crippen molar-refractivity contribution < 1.29 is 13.2 Å². The van der Waals surface area contributed by atoms with E-state index in [2.05, 4.69) is 207 Å². The number of nitrogens with zero attached hydrogens (tertiary/aromatic N) is 3. The number of fused-ring (bicyclic) bond motifs is 6. The third-order valence-electron chi connectivity index (χ3n) is 14.9. The number of halogens is 3. The van der Waals surface area contributed by atoms with Crippen molar-refractivity contribution in [1.29, 1.82) is 5.26 Å². The highest BCUT2D eigenvalue weighted by atomic mass is 19.4. The first-order chi connectivity index (χ1) is 36.5. The number of nitriles is 1. The van der Waals surface area contributed by atoms with E-state index < -0.39 is 11.7 Å². The molecule has 0 bridgehead atoms. The highest BCUT2D eigenvalue weighted by Gasteiger charge is 2.35. The number of alkyl halides is 3. The van der Waals surface area contributed by atoms with E-state index in [9.17, 15) is 5.26 Å². The van der Waals surface area contributed by atoms with E-state index in [0.717, 1.165) is 133 Å². The standard InChI is InChI=1S/C70H54F3N3/c1-40-20-41(2)25-54(24-40)49-12-16-63-59(33-49)60-34-50(55-26-42(3)21-43(4)27-55)13-17-64(60)75(63)67-37-58(70(71,72)73)38-68(69(67)53-11-9-10-48(32-53)39-74)76-65-18-14-51(56-28-44(5)22-45(6)29-56)35-61(65)62-36-52(15-19-66(62)76)57-30-46(7)23-47(8)31-57/h9-38H,1-8H3. The lowest BCUT2D eigenvalue weighted by atomic mass is 9.96. The SMILES string of the molecule is Cc1cc(C)cc(-c2ccc3c(c2)c2cc(-c4cc(C)cc(C)c4)ccc2n3-c2cc(C(F)(F)F)cc(-n3c4ccc(-c5cc(C)cc(C)c5)cc4c4cc(-c5cc(C)cc(C)c5)ccc43)c2-c2cccc(C#N)c2)c1. The van der Waals surface area contributed by atoms with E-state index in [-0.39, 0.29) is 0 Å². The second kappa shape index (κ2) is 18.2. The fourth-order valence-corrected chi connectivity index (χ4v) is 12.0. The molecule has 0 fully saturated rings. The fourth-order valence-electron chi connectivity index (χ4n) is 12.0. The van der Waals surface area contributed by atoms with E-state index in [0.29, 0.717) is 28.1 Å². The van der Waals surface area contributed by atoms with Crippen LogP contribution in [0.2, 0.25) is 0 Å². The van der Waals surface area contributed by atoms with E-state index in [1.54, 1.807) is 12.1 Å². The molecule has 10 aromatic carbocycles. The van der Waals surface area contributed by atoms with Gasteiger partial charge < -0.3 is 9.13 Å². The van der Waals surface area contributed by atoms with Gasteiger partial charge in [0.15, 0.2) is 0 Å². The zero-order chi connectivity index (χ0) is 52.9. The maximum Gasteiger partial charge on any atom is 0.416 e. The van der Waals surface area contributed by atoms with Crippen molar-refractivity contribution in [2.75, 3.05) is 0 Å². The van der Waals surface area contributed by atoms with Gasteiger partial charge in [0.2, 0.25) is 0 Å². The van der Waals surface area contributed by atoms with Gasteiger partial charge in [-0.25, -0.2) is 0 Å². The van der Waals surface area contributed by atoms with Crippen LogP contribution in [0.1, 0.15) is 55.6 Å². The minimum Gasteiger partial charge on any atom is -0.309 e. The van der Waals surface area contributed by atoms with Crippen molar-refractivity contribution in [1.82, 2.24) is 9.13 Å². The molecule has 0 aliphatic rings. The van der Waals surface area contributed by atoms with Gasteiger partial charge in [-0.15, -0.1) is 0 Å². The molecule has 0 radical (unpaired) electrons. The summed E-state index contributed by atoms with van der Waals surface area (Å²) < 4.78 is 52.3. The Kier molecular flexibility index (Phi) is 11.5. The van der Waals surface area contributed by atoms with Crippen LogP contribution in [0, 0.1) is 66.7 Å². The molecule has 2 heterocycles. The smallest absolute Gasteiger partial charge is 0.309 e. The minimum atomic E-state index is -4.74. The van der Waals surface area contributed by atoms with Crippen molar-refractivity contribution >= 4 is 43.6 Å². The summed E-state index contributed by atoms with van der Waals surface area (Å²) in [6.45, 7) is 16.7. The molecule has 12 aromatic rings. The van der Waals surface area contributed by atoms with Crippen LogP contribution in [-0.2, 0) is 6.18 Å². The summed E-state index contributed by atoms with van der Waals surface area (Å²) in [7, 11) is 0. The van der Waals surface area contributed by atoms with Gasteiger partial charge in [0, 0.05) is 27.1 Å². The molecule has 0 aliphatic carbocycles. The second-order valence-electron chi connectivity index (χ2n) is 21.2. The quantitative estimate of drug-likeness (QED) is 0.157. The molecule has 0 unspecified atom stereocenters. The maximum absolute atomic E-state index is 16.1. The first-order valence-electron chi connectivity index (χ1n) is 25.7. The number of hydrogen-bond acceptors (Lipinski definition) is 1. The summed E-state index contributed by atoms with van der Waals surface area (Å²) in [6.07, 6.45) is -4.74. The summed E-state index contributed by atoms with van der Waals surface area (Å²) in [6, 6.07) is 63.5. The van der Waals surface area contributed by atoms with Crippen LogP contribution in [0.25, 0.3) is 111 Å². The summed E-state index contributed by atoms with van der Waals surface area (Å²) in [5, 5.41) is 14.1. The molecule has 0 saturated carbocycles. The topological polar surface area (TPSA) is 33.6 Å². The third kappa shape index (κ3) is 8.52. The van der Waals surface area contributed by atoms with Crippen molar-refractivity contribution in [3.8, 4) is 73.1 Å². The molecular weight excluding hydrogens is 940 g/mol. The van der Waals surface area contributed by atoms with Gasteiger partial charge in [-0.2, -0.15) is 18.4 Å². The van der Waals surface area contributed by atoms with Gasteiger partial charge in [-0.05, 0) is 178 Å². The largest absolute Gasteiger partial charge is 0.416 e. The normalized spacial score (nSPS) is 11.9. The van der Waals surface area contributed by atoms with Crippen molar-refractivity contribution in [2.24, 2.45) is 0 Å².